The van der Waals surface area contributed by atoms with Crippen molar-refractivity contribution in [2.45, 2.75) is 309 Å². The normalized spacial score (nSPS) is 12.2. The quantitative estimate of drug-likeness (QED) is 0.0262. The molecule has 0 saturated heterocycles. The predicted octanol–water partition coefficient (Wildman–Crippen LogP) is 18.9. The number of unbranched alkanes of at least 4 members (excludes halogenated alkanes) is 35. The molecule has 380 valence electrons. The van der Waals surface area contributed by atoms with E-state index in [1.54, 1.807) is 0 Å². The fraction of sp³-hybridized carbons (Fsp3) is 0.847. The van der Waals surface area contributed by atoms with Crippen LogP contribution in [0.3, 0.4) is 0 Å². The zero-order valence-corrected chi connectivity index (χ0v) is 43.5. The molecule has 6 heteroatoms. The van der Waals surface area contributed by atoms with E-state index in [1.807, 2.05) is 0 Å². The summed E-state index contributed by atoms with van der Waals surface area (Å²) in [4.78, 5) is 38.1. The van der Waals surface area contributed by atoms with Crippen molar-refractivity contribution in [3.63, 3.8) is 0 Å². The molecule has 0 N–H and O–H groups in total. The van der Waals surface area contributed by atoms with Gasteiger partial charge in [0.25, 0.3) is 0 Å². The van der Waals surface area contributed by atoms with Gasteiger partial charge in [0, 0.05) is 19.3 Å². The molecule has 0 rings (SSSR count). The highest BCUT2D eigenvalue weighted by Crippen LogP contribution is 2.16. The van der Waals surface area contributed by atoms with Gasteiger partial charge < -0.3 is 14.2 Å². The smallest absolute Gasteiger partial charge is 0.306 e. The van der Waals surface area contributed by atoms with Crippen molar-refractivity contribution in [3.05, 3.63) is 36.5 Å². The molecule has 6 nitrogen and oxygen atoms in total. The van der Waals surface area contributed by atoms with Crippen molar-refractivity contribution in [1.82, 2.24) is 0 Å². The number of hydrogen-bond donors (Lipinski definition) is 0. The van der Waals surface area contributed by atoms with Crippen LogP contribution in [-0.2, 0) is 28.6 Å². The SMILES string of the molecule is CCCCC/C=C\C/C=C\CCCCCCCC(=O)OCC(COC(=O)CCCCCCCCCCCCCCCCCCC)OC(=O)CCCCCCC/C=C\CCCCCCCC. The first-order chi connectivity index (χ1) is 32.0. The maximum absolute atomic E-state index is 12.8. The number of carbonyl (C=O) groups excluding carboxylic acids is 3. The predicted molar refractivity (Wildman–Crippen MR) is 279 cm³/mol. The number of hydrogen-bond acceptors (Lipinski definition) is 6. The summed E-state index contributed by atoms with van der Waals surface area (Å²) in [5, 5.41) is 0. The van der Waals surface area contributed by atoms with Crippen molar-refractivity contribution < 1.29 is 28.6 Å². The van der Waals surface area contributed by atoms with Crippen LogP contribution in [0.15, 0.2) is 36.5 Å². The second-order valence-corrected chi connectivity index (χ2v) is 19.2. The first kappa shape index (κ1) is 62.6. The van der Waals surface area contributed by atoms with Crippen molar-refractivity contribution in [1.29, 1.82) is 0 Å². The van der Waals surface area contributed by atoms with Gasteiger partial charge in [0.1, 0.15) is 13.2 Å². The summed E-state index contributed by atoms with van der Waals surface area (Å²) in [5.74, 6) is -0.883. The van der Waals surface area contributed by atoms with E-state index >= 15 is 0 Å². The summed E-state index contributed by atoms with van der Waals surface area (Å²) >= 11 is 0. The van der Waals surface area contributed by atoms with Gasteiger partial charge in [0.2, 0.25) is 0 Å². The number of ether oxygens (including phenoxy) is 3. The number of carbonyl (C=O) groups is 3. The Hall–Kier alpha value is -2.37. The zero-order valence-electron chi connectivity index (χ0n) is 43.5. The summed E-state index contributed by atoms with van der Waals surface area (Å²) < 4.78 is 16.9. The van der Waals surface area contributed by atoms with Gasteiger partial charge in [-0.1, -0.05) is 243 Å². The van der Waals surface area contributed by atoms with Gasteiger partial charge in [-0.3, -0.25) is 14.4 Å². The molecule has 0 aliphatic heterocycles. The van der Waals surface area contributed by atoms with E-state index in [4.69, 9.17) is 14.2 Å². The second-order valence-electron chi connectivity index (χ2n) is 19.2. The fourth-order valence-corrected chi connectivity index (χ4v) is 8.29. The van der Waals surface area contributed by atoms with E-state index < -0.39 is 6.10 Å². The van der Waals surface area contributed by atoms with Gasteiger partial charge >= 0.3 is 17.9 Å². The monoisotopic (exact) mass is 913 g/mol. The molecule has 0 aromatic rings. The van der Waals surface area contributed by atoms with Crippen molar-refractivity contribution in [3.8, 4) is 0 Å². The van der Waals surface area contributed by atoms with E-state index in [0.29, 0.717) is 19.3 Å². The Morgan fingerprint density at radius 1 is 0.308 bits per heavy atom. The molecule has 0 aliphatic rings. The van der Waals surface area contributed by atoms with E-state index in [1.165, 1.54) is 180 Å². The topological polar surface area (TPSA) is 78.9 Å². The second kappa shape index (κ2) is 54.2. The van der Waals surface area contributed by atoms with Crippen LogP contribution in [0.2, 0.25) is 0 Å². The van der Waals surface area contributed by atoms with Gasteiger partial charge in [0.05, 0.1) is 0 Å². The van der Waals surface area contributed by atoms with Crippen LogP contribution in [0.25, 0.3) is 0 Å². The van der Waals surface area contributed by atoms with Crippen LogP contribution in [-0.4, -0.2) is 37.2 Å². The highest BCUT2D eigenvalue weighted by Gasteiger charge is 2.19. The average molecular weight is 914 g/mol. The highest BCUT2D eigenvalue weighted by atomic mass is 16.6. The van der Waals surface area contributed by atoms with Gasteiger partial charge in [-0.2, -0.15) is 0 Å². The molecule has 0 aliphatic carbocycles. The minimum atomic E-state index is -0.779. The van der Waals surface area contributed by atoms with Crippen LogP contribution in [0.1, 0.15) is 303 Å². The van der Waals surface area contributed by atoms with Gasteiger partial charge in [-0.05, 0) is 77.0 Å². The maximum atomic E-state index is 12.8. The molecule has 0 saturated carbocycles. The Morgan fingerprint density at radius 3 is 0.892 bits per heavy atom. The summed E-state index contributed by atoms with van der Waals surface area (Å²) in [6.45, 7) is 6.63. The van der Waals surface area contributed by atoms with Gasteiger partial charge in [-0.25, -0.2) is 0 Å². The molecular weight excluding hydrogens is 805 g/mol. The first-order valence-corrected chi connectivity index (χ1v) is 28.5. The Labute approximate surface area is 404 Å². The number of allylic oxidation sites excluding steroid dienone is 6. The molecule has 65 heavy (non-hydrogen) atoms. The third kappa shape index (κ3) is 52.5. The van der Waals surface area contributed by atoms with Crippen molar-refractivity contribution >= 4 is 17.9 Å². The molecule has 1 unspecified atom stereocenters. The molecule has 0 amide bonds. The van der Waals surface area contributed by atoms with Crippen LogP contribution >= 0.6 is 0 Å². The standard InChI is InChI=1S/C59H108O6/c1-4-7-10-13-16-19-22-25-28-29-32-34-37-40-43-46-49-52-58(61)64-55-56(65-59(62)53-50-47-44-41-38-35-31-27-24-21-18-15-12-9-6-3)54-63-57(60)51-48-45-42-39-36-33-30-26-23-20-17-14-11-8-5-2/h17,20,26-27,30-31,56H,4-16,18-19,21-25,28-29,32-55H2,1-3H3/b20-17-,30-26-,31-27-. The average Bonchev–Trinajstić information content (AvgIpc) is 3.30. The lowest BCUT2D eigenvalue weighted by Crippen LogP contribution is -2.30. The number of rotatable bonds is 52. The molecule has 1 atom stereocenters. The Morgan fingerprint density at radius 2 is 0.554 bits per heavy atom. The van der Waals surface area contributed by atoms with Crippen LogP contribution in [0.5, 0.6) is 0 Å². The lowest BCUT2D eigenvalue weighted by Gasteiger charge is -2.18. The molecule has 0 heterocycles. The maximum Gasteiger partial charge on any atom is 0.306 e. The van der Waals surface area contributed by atoms with Crippen LogP contribution in [0, 0.1) is 0 Å². The van der Waals surface area contributed by atoms with Gasteiger partial charge in [0.15, 0.2) is 6.10 Å². The van der Waals surface area contributed by atoms with Gasteiger partial charge in [-0.15, -0.1) is 0 Å². The lowest BCUT2D eigenvalue weighted by atomic mass is 10.0. The van der Waals surface area contributed by atoms with Crippen molar-refractivity contribution in [2.24, 2.45) is 0 Å². The zero-order chi connectivity index (χ0) is 47.2. The molecule has 0 aromatic carbocycles. The van der Waals surface area contributed by atoms with Crippen LogP contribution < -0.4 is 0 Å². The Balaban J connectivity index is 4.37. The van der Waals surface area contributed by atoms with Crippen LogP contribution in [0.4, 0.5) is 0 Å². The van der Waals surface area contributed by atoms with E-state index in [2.05, 4.69) is 57.2 Å². The lowest BCUT2D eigenvalue weighted by molar-refractivity contribution is -0.167. The third-order valence-electron chi connectivity index (χ3n) is 12.6. The third-order valence-corrected chi connectivity index (χ3v) is 12.6. The fourth-order valence-electron chi connectivity index (χ4n) is 8.29. The largest absolute Gasteiger partial charge is 0.462 e. The van der Waals surface area contributed by atoms with E-state index in [0.717, 1.165) is 83.5 Å². The Bertz CT molecular complexity index is 1090. The summed E-state index contributed by atoms with van der Waals surface area (Å²) in [7, 11) is 0. The molecule has 0 aromatic heterocycles. The number of esters is 3. The molecule has 0 spiro atoms. The minimum absolute atomic E-state index is 0.0765. The molecular formula is C59H108O6. The van der Waals surface area contributed by atoms with E-state index in [-0.39, 0.29) is 31.1 Å². The minimum Gasteiger partial charge on any atom is -0.462 e. The highest BCUT2D eigenvalue weighted by molar-refractivity contribution is 5.71. The van der Waals surface area contributed by atoms with Crippen molar-refractivity contribution in [2.75, 3.05) is 13.2 Å². The molecule has 0 fully saturated rings. The molecule has 0 radical (unpaired) electrons. The first-order valence-electron chi connectivity index (χ1n) is 28.5. The molecule has 0 bridgehead atoms. The summed E-state index contributed by atoms with van der Waals surface area (Å²) in [6.07, 6.45) is 64.1. The summed E-state index contributed by atoms with van der Waals surface area (Å²) in [5.41, 5.74) is 0. The van der Waals surface area contributed by atoms with E-state index in [9.17, 15) is 14.4 Å². The summed E-state index contributed by atoms with van der Waals surface area (Å²) in [6, 6.07) is 0. The Kier molecular flexibility index (Phi) is 52.3.